The molecule has 32 heavy (non-hydrogen) atoms. The number of anilines is 1. The molecule has 0 atom stereocenters. The Morgan fingerprint density at radius 3 is 2.31 bits per heavy atom. The molecule has 2 aromatic heterocycles. The van der Waals surface area contributed by atoms with E-state index < -0.39 is 23.6 Å². The summed E-state index contributed by atoms with van der Waals surface area (Å²) in [6.45, 7) is 3.57. The summed E-state index contributed by atoms with van der Waals surface area (Å²) < 4.78 is 48.0. The third-order valence-electron chi connectivity index (χ3n) is 5.07. The van der Waals surface area contributed by atoms with Gasteiger partial charge in [-0.05, 0) is 43.2 Å². The van der Waals surface area contributed by atoms with E-state index in [1.165, 1.54) is 23.8 Å². The lowest BCUT2D eigenvalue weighted by molar-refractivity contribution is -0.274. The summed E-state index contributed by atoms with van der Waals surface area (Å²) in [5.41, 5.74) is -0.0124. The number of alkyl halides is 3. The van der Waals surface area contributed by atoms with Crippen molar-refractivity contribution in [1.29, 1.82) is 0 Å². The molecule has 0 fully saturated rings. The number of nitrogens with zero attached hydrogens (tertiary/aromatic N) is 3. The quantitative estimate of drug-likeness (QED) is 0.531. The standard InChI is InChI=1S/C21H23F3N4O4/c1-4-20(30,5-2)12-16(29)26-19-25-15-10-11-17(31-3)27-18(15)28(19)13-6-8-14(9-7-13)32-21(22,23)24/h6-11,30H,4-5,12H2,1-3H3,(H,25,26,29). The maximum atomic E-state index is 12.6. The van der Waals surface area contributed by atoms with E-state index in [2.05, 4.69) is 20.0 Å². The number of ether oxygens (including phenoxy) is 2. The average molecular weight is 452 g/mol. The Kier molecular flexibility index (Phi) is 6.58. The number of carbonyl (C=O) groups excluding carboxylic acids is 1. The van der Waals surface area contributed by atoms with Gasteiger partial charge >= 0.3 is 6.36 Å². The van der Waals surface area contributed by atoms with Crippen LogP contribution in [-0.4, -0.2) is 44.6 Å². The Bertz CT molecular complexity index is 1090. The number of amides is 1. The van der Waals surface area contributed by atoms with Crippen LogP contribution in [-0.2, 0) is 4.79 Å². The van der Waals surface area contributed by atoms with E-state index in [1.54, 1.807) is 26.0 Å². The molecule has 1 aromatic carbocycles. The second kappa shape index (κ2) is 9.03. The highest BCUT2D eigenvalue weighted by molar-refractivity contribution is 5.92. The molecule has 3 rings (SSSR count). The number of benzene rings is 1. The summed E-state index contributed by atoms with van der Waals surface area (Å²) in [6.07, 6.45) is -4.16. The third-order valence-corrected chi connectivity index (χ3v) is 5.07. The number of aliphatic hydroxyl groups is 1. The Labute approximate surface area is 182 Å². The Hall–Kier alpha value is -3.34. The number of hydrogen-bond donors (Lipinski definition) is 2. The van der Waals surface area contributed by atoms with Gasteiger partial charge < -0.3 is 14.6 Å². The predicted molar refractivity (Wildman–Crippen MR) is 111 cm³/mol. The molecule has 0 aliphatic rings. The number of nitrogens with one attached hydrogen (secondary N) is 1. The van der Waals surface area contributed by atoms with Crippen molar-refractivity contribution >= 4 is 23.0 Å². The van der Waals surface area contributed by atoms with Gasteiger partial charge in [0.05, 0.1) is 24.8 Å². The molecule has 0 aliphatic heterocycles. The zero-order chi connectivity index (χ0) is 23.5. The number of fused-ring (bicyclic) bond motifs is 1. The summed E-state index contributed by atoms with van der Waals surface area (Å²) >= 11 is 0. The number of hydrogen-bond acceptors (Lipinski definition) is 6. The van der Waals surface area contributed by atoms with Crippen molar-refractivity contribution in [1.82, 2.24) is 14.5 Å². The molecule has 0 radical (unpaired) electrons. The number of carbonyl (C=O) groups is 1. The van der Waals surface area contributed by atoms with Gasteiger partial charge in [0.15, 0.2) is 5.65 Å². The molecule has 8 nitrogen and oxygen atoms in total. The number of pyridine rings is 1. The van der Waals surface area contributed by atoms with E-state index >= 15 is 0 Å². The summed E-state index contributed by atoms with van der Waals surface area (Å²) in [5.74, 6) is -0.459. The van der Waals surface area contributed by atoms with E-state index in [9.17, 15) is 23.1 Å². The topological polar surface area (TPSA) is 98.5 Å². The highest BCUT2D eigenvalue weighted by atomic mass is 19.4. The van der Waals surface area contributed by atoms with Crippen molar-refractivity contribution in [2.24, 2.45) is 0 Å². The van der Waals surface area contributed by atoms with E-state index in [0.29, 0.717) is 35.6 Å². The van der Waals surface area contributed by atoms with Crippen LogP contribution in [0.1, 0.15) is 33.1 Å². The van der Waals surface area contributed by atoms with Gasteiger partial charge in [0.1, 0.15) is 11.3 Å². The molecule has 2 N–H and O–H groups in total. The van der Waals surface area contributed by atoms with Gasteiger partial charge in [-0.25, -0.2) is 4.98 Å². The molecule has 0 saturated carbocycles. The lowest BCUT2D eigenvalue weighted by Crippen LogP contribution is -2.33. The van der Waals surface area contributed by atoms with Gasteiger partial charge in [0.25, 0.3) is 0 Å². The van der Waals surface area contributed by atoms with E-state index in [4.69, 9.17) is 4.74 Å². The average Bonchev–Trinajstić information content (AvgIpc) is 3.09. The van der Waals surface area contributed by atoms with Gasteiger partial charge in [-0.2, -0.15) is 4.98 Å². The van der Waals surface area contributed by atoms with Gasteiger partial charge in [0.2, 0.25) is 17.7 Å². The zero-order valence-corrected chi connectivity index (χ0v) is 17.7. The van der Waals surface area contributed by atoms with Crippen LogP contribution in [0, 0.1) is 0 Å². The van der Waals surface area contributed by atoms with Crippen molar-refractivity contribution in [3.05, 3.63) is 36.4 Å². The smallest absolute Gasteiger partial charge is 0.481 e. The fourth-order valence-electron chi connectivity index (χ4n) is 3.15. The van der Waals surface area contributed by atoms with Crippen LogP contribution in [0.25, 0.3) is 16.9 Å². The summed E-state index contributed by atoms with van der Waals surface area (Å²) in [6, 6.07) is 8.29. The number of aromatic nitrogens is 3. The number of imidazole rings is 1. The first-order chi connectivity index (χ1) is 15.1. The maximum Gasteiger partial charge on any atom is 0.573 e. The molecule has 172 valence electrons. The molecule has 0 unspecified atom stereocenters. The van der Waals surface area contributed by atoms with Gasteiger partial charge in [-0.3, -0.25) is 14.7 Å². The minimum atomic E-state index is -4.81. The van der Waals surface area contributed by atoms with E-state index in [1.807, 2.05) is 0 Å². The fraction of sp³-hybridized carbons (Fsp3) is 0.381. The SMILES string of the molecule is CCC(O)(CC)CC(=O)Nc1nc2ccc(OC)nc2n1-c1ccc(OC(F)(F)F)cc1. The zero-order valence-electron chi connectivity index (χ0n) is 17.7. The molecule has 0 bridgehead atoms. The molecule has 0 spiro atoms. The van der Waals surface area contributed by atoms with Gasteiger partial charge in [-0.1, -0.05) is 13.8 Å². The molecular weight excluding hydrogens is 429 g/mol. The van der Waals surface area contributed by atoms with Crippen LogP contribution in [0.5, 0.6) is 11.6 Å². The minimum Gasteiger partial charge on any atom is -0.481 e. The lowest BCUT2D eigenvalue weighted by Gasteiger charge is -2.24. The van der Waals surface area contributed by atoms with Crippen LogP contribution >= 0.6 is 0 Å². The molecule has 11 heteroatoms. The molecular formula is C21H23F3N4O4. The van der Waals surface area contributed by atoms with Crippen LogP contribution in [0.3, 0.4) is 0 Å². The monoisotopic (exact) mass is 452 g/mol. The Balaban J connectivity index is 2.02. The molecule has 0 saturated heterocycles. The van der Waals surface area contributed by atoms with Crippen LogP contribution in [0.15, 0.2) is 36.4 Å². The number of rotatable bonds is 8. The van der Waals surface area contributed by atoms with Gasteiger partial charge in [-0.15, -0.1) is 13.2 Å². The van der Waals surface area contributed by atoms with Crippen LogP contribution < -0.4 is 14.8 Å². The number of methoxy groups -OCH3 is 1. The summed E-state index contributed by atoms with van der Waals surface area (Å²) in [7, 11) is 1.44. The summed E-state index contributed by atoms with van der Waals surface area (Å²) in [4.78, 5) is 21.4. The van der Waals surface area contributed by atoms with E-state index in [-0.39, 0.29) is 12.4 Å². The second-order valence-electron chi connectivity index (χ2n) is 7.17. The first kappa shape index (κ1) is 23.3. The molecule has 2 heterocycles. The highest BCUT2D eigenvalue weighted by Gasteiger charge is 2.31. The van der Waals surface area contributed by atoms with Crippen molar-refractivity contribution in [2.75, 3.05) is 12.4 Å². The summed E-state index contributed by atoms with van der Waals surface area (Å²) in [5, 5.41) is 13.1. The second-order valence-corrected chi connectivity index (χ2v) is 7.17. The van der Waals surface area contributed by atoms with E-state index in [0.717, 1.165) is 12.1 Å². The van der Waals surface area contributed by atoms with Crippen molar-refractivity contribution in [3.8, 4) is 17.3 Å². The predicted octanol–water partition coefficient (Wildman–Crippen LogP) is 4.21. The van der Waals surface area contributed by atoms with Crippen molar-refractivity contribution in [2.45, 2.75) is 45.1 Å². The highest BCUT2D eigenvalue weighted by Crippen LogP contribution is 2.29. The minimum absolute atomic E-state index is 0.102. The normalized spacial score (nSPS) is 12.1. The van der Waals surface area contributed by atoms with Crippen LogP contribution in [0.4, 0.5) is 19.1 Å². The Morgan fingerprint density at radius 2 is 1.75 bits per heavy atom. The first-order valence-electron chi connectivity index (χ1n) is 9.89. The van der Waals surface area contributed by atoms with Crippen molar-refractivity contribution < 1.29 is 32.5 Å². The fourth-order valence-corrected chi connectivity index (χ4v) is 3.15. The Morgan fingerprint density at radius 1 is 1.09 bits per heavy atom. The number of halogens is 3. The molecule has 1 amide bonds. The van der Waals surface area contributed by atoms with Crippen molar-refractivity contribution in [3.63, 3.8) is 0 Å². The maximum absolute atomic E-state index is 12.6. The largest absolute Gasteiger partial charge is 0.573 e. The van der Waals surface area contributed by atoms with Crippen LogP contribution in [0.2, 0.25) is 0 Å². The first-order valence-corrected chi connectivity index (χ1v) is 9.89. The third kappa shape index (κ3) is 5.28. The molecule has 0 aliphatic carbocycles. The van der Waals surface area contributed by atoms with Gasteiger partial charge in [0, 0.05) is 6.07 Å². The molecule has 3 aromatic rings. The lowest BCUT2D eigenvalue weighted by atomic mass is 9.93.